The Bertz CT molecular complexity index is 768. The lowest BCUT2D eigenvalue weighted by atomic mass is 9.87. The van der Waals surface area contributed by atoms with Crippen LogP contribution >= 0.6 is 11.3 Å². The minimum Gasteiger partial charge on any atom is -0.342 e. The highest BCUT2D eigenvalue weighted by Gasteiger charge is 2.27. The van der Waals surface area contributed by atoms with Gasteiger partial charge in [0, 0.05) is 29.6 Å². The van der Waals surface area contributed by atoms with Gasteiger partial charge in [0.2, 0.25) is 11.8 Å². The lowest BCUT2D eigenvalue weighted by molar-refractivity contribution is -0.133. The van der Waals surface area contributed by atoms with E-state index in [0.717, 1.165) is 23.4 Å². The summed E-state index contributed by atoms with van der Waals surface area (Å²) in [7, 11) is 0. The molecule has 4 nitrogen and oxygen atoms in total. The van der Waals surface area contributed by atoms with E-state index in [1.807, 2.05) is 34.5 Å². The van der Waals surface area contributed by atoms with Gasteiger partial charge in [0.05, 0.1) is 6.42 Å². The first kappa shape index (κ1) is 19.6. The van der Waals surface area contributed by atoms with Crippen molar-refractivity contribution in [3.63, 3.8) is 0 Å². The predicted octanol–water partition coefficient (Wildman–Crippen LogP) is 4.47. The molecule has 27 heavy (non-hydrogen) atoms. The quantitative estimate of drug-likeness (QED) is 0.846. The first-order valence-corrected chi connectivity index (χ1v) is 10.4. The summed E-state index contributed by atoms with van der Waals surface area (Å²) in [4.78, 5) is 27.9. The number of piperidine rings is 1. The van der Waals surface area contributed by atoms with Crippen LogP contribution < -0.4 is 5.32 Å². The fraction of sp³-hybridized carbons (Fsp3) is 0.455. The fourth-order valence-electron chi connectivity index (χ4n) is 3.36. The Morgan fingerprint density at radius 3 is 2.33 bits per heavy atom. The number of carbonyl (C=O) groups excluding carboxylic acids is 2. The summed E-state index contributed by atoms with van der Waals surface area (Å²) in [5.41, 5.74) is 2.19. The third kappa shape index (κ3) is 5.19. The molecule has 5 heteroatoms. The smallest absolute Gasteiger partial charge is 0.227 e. The molecule has 1 aliphatic rings. The van der Waals surface area contributed by atoms with Crippen LogP contribution in [-0.4, -0.2) is 29.8 Å². The Morgan fingerprint density at radius 1 is 1.11 bits per heavy atom. The molecule has 2 amide bonds. The predicted molar refractivity (Wildman–Crippen MR) is 111 cm³/mol. The fourth-order valence-corrected chi connectivity index (χ4v) is 4.06. The lowest BCUT2D eigenvalue weighted by Gasteiger charge is -2.31. The van der Waals surface area contributed by atoms with Crippen molar-refractivity contribution in [3.8, 4) is 0 Å². The number of nitrogens with zero attached hydrogens (tertiary/aromatic N) is 1. The third-order valence-electron chi connectivity index (χ3n) is 5.14. The van der Waals surface area contributed by atoms with Crippen LogP contribution in [0.25, 0.3) is 0 Å². The molecule has 144 valence electrons. The molecule has 2 aromatic rings. The summed E-state index contributed by atoms with van der Waals surface area (Å²) in [6.07, 6.45) is 1.92. The van der Waals surface area contributed by atoms with E-state index in [4.69, 9.17) is 0 Å². The van der Waals surface area contributed by atoms with Gasteiger partial charge < -0.3 is 10.2 Å². The number of amides is 2. The monoisotopic (exact) mass is 384 g/mol. The van der Waals surface area contributed by atoms with Gasteiger partial charge in [-0.2, -0.15) is 0 Å². The van der Waals surface area contributed by atoms with Crippen LogP contribution in [0, 0.1) is 5.92 Å². The van der Waals surface area contributed by atoms with E-state index in [9.17, 15) is 9.59 Å². The van der Waals surface area contributed by atoms with Crippen molar-refractivity contribution in [2.45, 2.75) is 45.4 Å². The highest BCUT2D eigenvalue weighted by molar-refractivity contribution is 7.10. The van der Waals surface area contributed by atoms with Gasteiger partial charge >= 0.3 is 0 Å². The van der Waals surface area contributed by atoms with Crippen LogP contribution in [0.2, 0.25) is 0 Å². The molecule has 0 radical (unpaired) electrons. The van der Waals surface area contributed by atoms with Gasteiger partial charge in [0.25, 0.3) is 0 Å². The molecule has 1 fully saturated rings. The minimum absolute atomic E-state index is 0.0296. The Kier molecular flexibility index (Phi) is 6.00. The van der Waals surface area contributed by atoms with Crippen LogP contribution in [0.5, 0.6) is 0 Å². The molecule has 1 saturated heterocycles. The first-order chi connectivity index (χ1) is 12.8. The van der Waals surface area contributed by atoms with Gasteiger partial charge in [-0.15, -0.1) is 11.3 Å². The highest BCUT2D eigenvalue weighted by Crippen LogP contribution is 2.25. The summed E-state index contributed by atoms with van der Waals surface area (Å²) < 4.78 is 0. The Labute approximate surface area is 165 Å². The molecule has 3 rings (SSSR count). The normalized spacial score (nSPS) is 15.6. The Morgan fingerprint density at radius 2 is 1.78 bits per heavy atom. The second-order valence-electron chi connectivity index (χ2n) is 8.23. The largest absolute Gasteiger partial charge is 0.342 e. The molecular weight excluding hydrogens is 356 g/mol. The van der Waals surface area contributed by atoms with Crippen LogP contribution in [-0.2, 0) is 21.4 Å². The molecule has 1 aromatic carbocycles. The molecule has 0 atom stereocenters. The maximum atomic E-state index is 12.6. The van der Waals surface area contributed by atoms with Gasteiger partial charge in [0.1, 0.15) is 0 Å². The number of likely N-dealkylation sites (tertiary alicyclic amines) is 1. The Balaban J connectivity index is 1.49. The van der Waals surface area contributed by atoms with Gasteiger partial charge in [0.15, 0.2) is 0 Å². The van der Waals surface area contributed by atoms with E-state index in [1.165, 1.54) is 5.56 Å². The zero-order valence-corrected chi connectivity index (χ0v) is 17.1. The van der Waals surface area contributed by atoms with Crippen molar-refractivity contribution in [1.82, 2.24) is 4.90 Å². The minimum atomic E-state index is -0.0296. The van der Waals surface area contributed by atoms with Crippen molar-refractivity contribution in [2.24, 2.45) is 5.92 Å². The van der Waals surface area contributed by atoms with Gasteiger partial charge in [-0.05, 0) is 47.4 Å². The first-order valence-electron chi connectivity index (χ1n) is 9.54. The van der Waals surface area contributed by atoms with Crippen molar-refractivity contribution in [2.75, 3.05) is 18.4 Å². The third-order valence-corrected chi connectivity index (χ3v) is 6.02. The van der Waals surface area contributed by atoms with Gasteiger partial charge in [-0.25, -0.2) is 0 Å². The summed E-state index contributed by atoms with van der Waals surface area (Å²) >= 11 is 1.61. The topological polar surface area (TPSA) is 49.4 Å². The van der Waals surface area contributed by atoms with E-state index in [1.54, 1.807) is 11.3 Å². The van der Waals surface area contributed by atoms with Crippen molar-refractivity contribution < 1.29 is 9.59 Å². The number of thiophene rings is 1. The number of carbonyl (C=O) groups is 2. The van der Waals surface area contributed by atoms with Crippen LogP contribution in [0.3, 0.4) is 0 Å². The maximum absolute atomic E-state index is 12.6. The number of benzene rings is 1. The second-order valence-corrected chi connectivity index (χ2v) is 9.26. The number of hydrogen-bond donors (Lipinski definition) is 1. The molecule has 2 heterocycles. The van der Waals surface area contributed by atoms with Crippen LogP contribution in [0.4, 0.5) is 5.69 Å². The van der Waals surface area contributed by atoms with Crippen molar-refractivity contribution in [3.05, 3.63) is 52.2 Å². The van der Waals surface area contributed by atoms with Crippen LogP contribution in [0.1, 0.15) is 44.1 Å². The second kappa shape index (κ2) is 8.26. The van der Waals surface area contributed by atoms with Gasteiger partial charge in [-0.3, -0.25) is 9.59 Å². The molecule has 1 N–H and O–H groups in total. The Hall–Kier alpha value is -2.14. The zero-order valence-electron chi connectivity index (χ0n) is 16.3. The summed E-state index contributed by atoms with van der Waals surface area (Å²) in [5.74, 6) is 0.191. The molecule has 0 spiro atoms. The molecule has 0 saturated carbocycles. The standard InChI is InChI=1S/C22H28N2O2S/c1-22(2,3)17-6-8-18(9-7-17)23-21(26)16-10-12-24(13-11-16)20(25)15-19-5-4-14-27-19/h4-9,14,16H,10-13,15H2,1-3H3,(H,23,26). The molecule has 1 aromatic heterocycles. The summed E-state index contributed by atoms with van der Waals surface area (Å²) in [6, 6.07) is 12.0. The van der Waals surface area contributed by atoms with Crippen molar-refractivity contribution >= 4 is 28.8 Å². The number of anilines is 1. The van der Waals surface area contributed by atoms with E-state index in [0.29, 0.717) is 19.5 Å². The molecule has 0 unspecified atom stereocenters. The average Bonchev–Trinajstić information content (AvgIpc) is 3.14. The van der Waals surface area contributed by atoms with Gasteiger partial charge in [-0.1, -0.05) is 39.0 Å². The van der Waals surface area contributed by atoms with E-state index >= 15 is 0 Å². The summed E-state index contributed by atoms with van der Waals surface area (Å²) in [5, 5.41) is 5.02. The average molecular weight is 385 g/mol. The zero-order chi connectivity index (χ0) is 19.4. The molecular formula is C22H28N2O2S. The summed E-state index contributed by atoms with van der Waals surface area (Å²) in [6.45, 7) is 7.84. The number of hydrogen-bond acceptors (Lipinski definition) is 3. The highest BCUT2D eigenvalue weighted by atomic mass is 32.1. The SMILES string of the molecule is CC(C)(C)c1ccc(NC(=O)C2CCN(C(=O)Cc3cccs3)CC2)cc1. The van der Waals surface area contributed by atoms with E-state index in [-0.39, 0.29) is 23.1 Å². The van der Waals surface area contributed by atoms with Crippen LogP contribution in [0.15, 0.2) is 41.8 Å². The lowest BCUT2D eigenvalue weighted by Crippen LogP contribution is -2.42. The van der Waals surface area contributed by atoms with E-state index in [2.05, 4.69) is 38.2 Å². The number of nitrogens with one attached hydrogen (secondary N) is 1. The maximum Gasteiger partial charge on any atom is 0.227 e. The molecule has 0 aliphatic carbocycles. The number of rotatable bonds is 4. The molecule has 1 aliphatic heterocycles. The van der Waals surface area contributed by atoms with Crippen molar-refractivity contribution in [1.29, 1.82) is 0 Å². The molecule has 0 bridgehead atoms. The van der Waals surface area contributed by atoms with E-state index < -0.39 is 0 Å².